The standard InChI is InChI=1S/C24H25N3O3S/c28-24-8-6-18-5-7-19(17-21(18)25-24)29-14-2-10-26-11-12-27(30-15-13-26)22-3-1-4-23-20(22)9-16-31-23/h1,3-9,16-17H,2,10-15H2,(H,25,28). The number of hydroxylamine groups is 1. The quantitative estimate of drug-likeness (QED) is 0.459. The normalized spacial score (nSPS) is 15.4. The first kappa shape index (κ1) is 20.1. The second kappa shape index (κ2) is 9.09. The Balaban J connectivity index is 1.12. The van der Waals surface area contributed by atoms with Gasteiger partial charge in [-0.1, -0.05) is 6.07 Å². The molecule has 4 aromatic rings. The first-order valence-electron chi connectivity index (χ1n) is 10.6. The molecule has 1 fully saturated rings. The molecule has 31 heavy (non-hydrogen) atoms. The summed E-state index contributed by atoms with van der Waals surface area (Å²) >= 11 is 1.76. The Bertz CT molecular complexity index is 1240. The zero-order valence-corrected chi connectivity index (χ0v) is 18.1. The van der Waals surface area contributed by atoms with Gasteiger partial charge in [-0.15, -0.1) is 11.3 Å². The fourth-order valence-electron chi connectivity index (χ4n) is 3.99. The van der Waals surface area contributed by atoms with Crippen LogP contribution in [0.15, 0.2) is 64.8 Å². The van der Waals surface area contributed by atoms with Crippen molar-refractivity contribution in [3.05, 3.63) is 70.3 Å². The number of nitrogens with one attached hydrogen (secondary N) is 1. The number of aromatic nitrogens is 1. The number of hydrogen-bond donors (Lipinski definition) is 1. The molecule has 0 aliphatic carbocycles. The molecule has 0 saturated carbocycles. The van der Waals surface area contributed by atoms with Gasteiger partial charge < -0.3 is 9.72 Å². The van der Waals surface area contributed by atoms with E-state index in [1.54, 1.807) is 11.3 Å². The monoisotopic (exact) mass is 435 g/mol. The second-order valence-electron chi connectivity index (χ2n) is 7.66. The highest BCUT2D eigenvalue weighted by molar-refractivity contribution is 7.17. The third kappa shape index (κ3) is 4.58. The van der Waals surface area contributed by atoms with E-state index in [0.29, 0.717) is 13.2 Å². The van der Waals surface area contributed by atoms with Crippen molar-refractivity contribution in [3.8, 4) is 5.75 Å². The van der Waals surface area contributed by atoms with E-state index in [1.165, 1.54) is 16.2 Å². The molecule has 7 heteroatoms. The van der Waals surface area contributed by atoms with Crippen molar-refractivity contribution in [1.29, 1.82) is 0 Å². The molecule has 160 valence electrons. The molecule has 0 unspecified atom stereocenters. The van der Waals surface area contributed by atoms with Crippen LogP contribution in [0.25, 0.3) is 21.0 Å². The number of pyridine rings is 1. The molecule has 0 amide bonds. The van der Waals surface area contributed by atoms with Crippen LogP contribution in [0.2, 0.25) is 0 Å². The molecular weight excluding hydrogens is 410 g/mol. The van der Waals surface area contributed by atoms with E-state index in [9.17, 15) is 4.79 Å². The number of rotatable bonds is 6. The first-order valence-corrected chi connectivity index (χ1v) is 11.5. The van der Waals surface area contributed by atoms with Gasteiger partial charge in [0.05, 0.1) is 31.0 Å². The average Bonchev–Trinajstić information content (AvgIpc) is 3.15. The van der Waals surface area contributed by atoms with E-state index in [0.717, 1.165) is 54.9 Å². The van der Waals surface area contributed by atoms with Crippen molar-refractivity contribution < 1.29 is 9.57 Å². The van der Waals surface area contributed by atoms with Crippen LogP contribution in [0.3, 0.4) is 0 Å². The summed E-state index contributed by atoms with van der Waals surface area (Å²) in [4.78, 5) is 22.8. The number of benzene rings is 2. The maximum atomic E-state index is 11.5. The van der Waals surface area contributed by atoms with Crippen LogP contribution in [-0.2, 0) is 4.84 Å². The van der Waals surface area contributed by atoms with Crippen molar-refractivity contribution in [2.75, 3.05) is 44.5 Å². The molecule has 0 radical (unpaired) electrons. The fourth-order valence-corrected chi connectivity index (χ4v) is 4.80. The zero-order chi connectivity index (χ0) is 21.0. The number of fused-ring (bicyclic) bond motifs is 2. The molecule has 3 heterocycles. The lowest BCUT2D eigenvalue weighted by atomic mass is 10.2. The van der Waals surface area contributed by atoms with Crippen LogP contribution in [0.1, 0.15) is 6.42 Å². The summed E-state index contributed by atoms with van der Waals surface area (Å²) in [5.74, 6) is 0.781. The highest BCUT2D eigenvalue weighted by Crippen LogP contribution is 2.31. The predicted molar refractivity (Wildman–Crippen MR) is 126 cm³/mol. The van der Waals surface area contributed by atoms with Gasteiger partial charge in [0.2, 0.25) is 5.56 Å². The molecule has 1 aliphatic heterocycles. The summed E-state index contributed by atoms with van der Waals surface area (Å²) in [6.45, 7) is 4.99. The Morgan fingerprint density at radius 3 is 2.97 bits per heavy atom. The molecule has 6 nitrogen and oxygen atoms in total. The zero-order valence-electron chi connectivity index (χ0n) is 17.3. The molecular formula is C24H25N3O3S. The molecule has 1 saturated heterocycles. The van der Waals surface area contributed by atoms with Gasteiger partial charge in [0.25, 0.3) is 0 Å². The molecule has 0 bridgehead atoms. The van der Waals surface area contributed by atoms with Gasteiger partial charge in [0.1, 0.15) is 5.75 Å². The van der Waals surface area contributed by atoms with Crippen molar-refractivity contribution in [2.45, 2.75) is 6.42 Å². The van der Waals surface area contributed by atoms with Gasteiger partial charge >= 0.3 is 0 Å². The molecule has 0 atom stereocenters. The number of thiophene rings is 1. The van der Waals surface area contributed by atoms with Crippen LogP contribution >= 0.6 is 11.3 Å². The van der Waals surface area contributed by atoms with Crippen LogP contribution in [0.5, 0.6) is 5.75 Å². The highest BCUT2D eigenvalue weighted by atomic mass is 32.1. The van der Waals surface area contributed by atoms with Gasteiger partial charge in [-0.25, -0.2) is 0 Å². The minimum Gasteiger partial charge on any atom is -0.493 e. The fraction of sp³-hybridized carbons (Fsp3) is 0.292. The lowest BCUT2D eigenvalue weighted by Crippen LogP contribution is -2.31. The Morgan fingerprint density at radius 2 is 2.00 bits per heavy atom. The lowest BCUT2D eigenvalue weighted by molar-refractivity contribution is 0.117. The van der Waals surface area contributed by atoms with Gasteiger partial charge in [-0.3, -0.25) is 19.6 Å². The van der Waals surface area contributed by atoms with Crippen LogP contribution in [0, 0.1) is 0 Å². The van der Waals surface area contributed by atoms with Gasteiger partial charge in [0, 0.05) is 41.9 Å². The van der Waals surface area contributed by atoms with E-state index in [2.05, 4.69) is 39.5 Å². The summed E-state index contributed by atoms with van der Waals surface area (Å²) in [6, 6.07) is 17.7. The topological polar surface area (TPSA) is 57.8 Å². The third-order valence-electron chi connectivity index (χ3n) is 5.60. The summed E-state index contributed by atoms with van der Waals surface area (Å²) in [5.41, 5.74) is 1.85. The van der Waals surface area contributed by atoms with Crippen molar-refractivity contribution >= 4 is 38.0 Å². The summed E-state index contributed by atoms with van der Waals surface area (Å²) in [7, 11) is 0. The maximum absolute atomic E-state index is 11.5. The summed E-state index contributed by atoms with van der Waals surface area (Å²) in [6.07, 6.45) is 0.934. The number of ether oxygens (including phenoxy) is 1. The number of aromatic amines is 1. The Labute approximate surface area is 184 Å². The Hall–Kier alpha value is -2.87. The lowest BCUT2D eigenvalue weighted by Gasteiger charge is -2.22. The minimum atomic E-state index is -0.0997. The second-order valence-corrected chi connectivity index (χ2v) is 8.61. The smallest absolute Gasteiger partial charge is 0.248 e. The van der Waals surface area contributed by atoms with Gasteiger partial charge in [0.15, 0.2) is 0 Å². The molecule has 0 spiro atoms. The minimum absolute atomic E-state index is 0.0997. The van der Waals surface area contributed by atoms with E-state index in [1.807, 2.05) is 29.3 Å². The van der Waals surface area contributed by atoms with E-state index < -0.39 is 0 Å². The Morgan fingerprint density at radius 1 is 1.06 bits per heavy atom. The van der Waals surface area contributed by atoms with Crippen molar-refractivity contribution in [3.63, 3.8) is 0 Å². The molecule has 1 N–H and O–H groups in total. The van der Waals surface area contributed by atoms with Gasteiger partial charge in [-0.2, -0.15) is 0 Å². The number of H-pyrrole nitrogens is 1. The van der Waals surface area contributed by atoms with Gasteiger partial charge in [-0.05, 0) is 53.6 Å². The van der Waals surface area contributed by atoms with Crippen LogP contribution in [0.4, 0.5) is 5.69 Å². The predicted octanol–water partition coefficient (Wildman–Crippen LogP) is 4.27. The summed E-state index contributed by atoms with van der Waals surface area (Å²) in [5, 5.41) is 6.43. The van der Waals surface area contributed by atoms with E-state index in [-0.39, 0.29) is 5.56 Å². The van der Waals surface area contributed by atoms with Crippen molar-refractivity contribution in [2.24, 2.45) is 0 Å². The van der Waals surface area contributed by atoms with Crippen LogP contribution < -0.4 is 15.4 Å². The van der Waals surface area contributed by atoms with E-state index in [4.69, 9.17) is 9.57 Å². The number of hydrogen-bond acceptors (Lipinski definition) is 6. The SMILES string of the molecule is O=c1ccc2ccc(OCCCN3CCON(c4cccc5sccc45)CC3)cc2[nH]1. The highest BCUT2D eigenvalue weighted by Gasteiger charge is 2.17. The summed E-state index contributed by atoms with van der Waals surface area (Å²) < 4.78 is 7.21. The number of anilines is 1. The average molecular weight is 436 g/mol. The van der Waals surface area contributed by atoms with E-state index >= 15 is 0 Å². The van der Waals surface area contributed by atoms with Crippen LogP contribution in [-0.4, -0.2) is 49.3 Å². The number of nitrogens with zero attached hydrogens (tertiary/aromatic N) is 2. The maximum Gasteiger partial charge on any atom is 0.248 e. The third-order valence-corrected chi connectivity index (χ3v) is 6.48. The molecule has 5 rings (SSSR count). The van der Waals surface area contributed by atoms with Crippen molar-refractivity contribution in [1.82, 2.24) is 9.88 Å². The first-order chi connectivity index (χ1) is 15.3. The largest absolute Gasteiger partial charge is 0.493 e. The molecule has 2 aromatic heterocycles. The molecule has 2 aromatic carbocycles. The Kier molecular flexibility index (Phi) is 5.88. The molecule has 1 aliphatic rings.